The van der Waals surface area contributed by atoms with Gasteiger partial charge in [-0.25, -0.2) is 0 Å². The molecule has 0 bridgehead atoms. The molecule has 0 aliphatic carbocycles. The van der Waals surface area contributed by atoms with E-state index in [1.807, 2.05) is 37.3 Å². The fraction of sp³-hybridized carbons (Fsp3) is 0.167. The van der Waals surface area contributed by atoms with Crippen LogP contribution in [0.2, 0.25) is 5.02 Å². The van der Waals surface area contributed by atoms with Gasteiger partial charge in [0.1, 0.15) is 0 Å². The highest BCUT2D eigenvalue weighted by molar-refractivity contribution is 6.32. The van der Waals surface area contributed by atoms with Crippen molar-refractivity contribution in [2.24, 2.45) is 0 Å². The molecule has 0 radical (unpaired) electrons. The van der Waals surface area contributed by atoms with Crippen LogP contribution in [-0.2, 0) is 6.54 Å². The summed E-state index contributed by atoms with van der Waals surface area (Å²) >= 11 is 6.27. The first-order chi connectivity index (χ1) is 15.0. The summed E-state index contributed by atoms with van der Waals surface area (Å²) in [6.45, 7) is 2.62. The first-order valence-corrected chi connectivity index (χ1v) is 10.1. The van der Waals surface area contributed by atoms with E-state index in [-0.39, 0.29) is 16.5 Å². The zero-order valence-corrected chi connectivity index (χ0v) is 18.0. The normalized spacial score (nSPS) is 10.3. The van der Waals surface area contributed by atoms with Crippen molar-refractivity contribution in [2.75, 3.05) is 19.0 Å². The van der Waals surface area contributed by atoms with E-state index in [0.29, 0.717) is 35.9 Å². The third-order valence-electron chi connectivity index (χ3n) is 4.50. The molecule has 0 spiro atoms. The molecule has 0 saturated carbocycles. The number of nitrogens with one attached hydrogen (secondary N) is 2. The summed E-state index contributed by atoms with van der Waals surface area (Å²) in [4.78, 5) is 25.6. The smallest absolute Gasteiger partial charge is 0.255 e. The molecular formula is C24H23ClN2O4. The third kappa shape index (κ3) is 5.55. The van der Waals surface area contributed by atoms with Crippen molar-refractivity contribution in [1.82, 2.24) is 5.32 Å². The summed E-state index contributed by atoms with van der Waals surface area (Å²) in [5.41, 5.74) is 2.01. The molecule has 3 aromatic rings. The Labute approximate surface area is 186 Å². The minimum Gasteiger partial charge on any atom is -0.493 e. The van der Waals surface area contributed by atoms with Crippen molar-refractivity contribution in [1.29, 1.82) is 0 Å². The highest BCUT2D eigenvalue weighted by Gasteiger charge is 2.18. The standard InChI is InChI=1S/C24H23ClN2O4/c1-3-31-22-19(25)13-17(14-21(22)30-2)23(28)27-20-12-8-7-11-18(20)24(29)26-15-16-9-5-4-6-10-16/h4-14H,3,15H2,1-2H3,(H,26,29)(H,27,28). The molecule has 0 saturated heterocycles. The molecule has 7 heteroatoms. The molecule has 0 unspecified atom stereocenters. The van der Waals surface area contributed by atoms with Gasteiger partial charge in [0.25, 0.3) is 11.8 Å². The van der Waals surface area contributed by atoms with E-state index in [1.54, 1.807) is 30.3 Å². The predicted molar refractivity (Wildman–Crippen MR) is 121 cm³/mol. The van der Waals surface area contributed by atoms with Crippen LogP contribution in [-0.4, -0.2) is 25.5 Å². The largest absolute Gasteiger partial charge is 0.493 e. The highest BCUT2D eigenvalue weighted by Crippen LogP contribution is 2.36. The molecule has 0 aromatic heterocycles. The molecule has 2 amide bonds. The van der Waals surface area contributed by atoms with Crippen molar-refractivity contribution < 1.29 is 19.1 Å². The van der Waals surface area contributed by atoms with Gasteiger partial charge in [-0.1, -0.05) is 54.1 Å². The molecule has 3 rings (SSSR count). The average Bonchev–Trinajstić information content (AvgIpc) is 2.79. The van der Waals surface area contributed by atoms with Crippen molar-refractivity contribution in [2.45, 2.75) is 13.5 Å². The lowest BCUT2D eigenvalue weighted by Crippen LogP contribution is -2.24. The number of benzene rings is 3. The highest BCUT2D eigenvalue weighted by atomic mass is 35.5. The van der Waals surface area contributed by atoms with Gasteiger partial charge in [0.15, 0.2) is 11.5 Å². The average molecular weight is 439 g/mol. The van der Waals surface area contributed by atoms with Crippen molar-refractivity contribution in [3.63, 3.8) is 0 Å². The first kappa shape index (κ1) is 22.2. The fourth-order valence-corrected chi connectivity index (χ4v) is 3.26. The van der Waals surface area contributed by atoms with Gasteiger partial charge in [-0.3, -0.25) is 9.59 Å². The fourth-order valence-electron chi connectivity index (χ4n) is 2.99. The molecule has 3 aromatic carbocycles. The van der Waals surface area contributed by atoms with Crippen LogP contribution < -0.4 is 20.1 Å². The maximum atomic E-state index is 12.9. The van der Waals surface area contributed by atoms with Crippen LogP contribution in [0.15, 0.2) is 66.7 Å². The summed E-state index contributed by atoms with van der Waals surface area (Å²) in [6.07, 6.45) is 0. The Hall–Kier alpha value is -3.51. The van der Waals surface area contributed by atoms with Gasteiger partial charge in [0.05, 0.1) is 30.0 Å². The second-order valence-corrected chi connectivity index (χ2v) is 7.00. The lowest BCUT2D eigenvalue weighted by molar-refractivity contribution is 0.0952. The predicted octanol–water partition coefficient (Wildman–Crippen LogP) is 4.93. The summed E-state index contributed by atoms with van der Waals surface area (Å²) in [7, 11) is 1.47. The molecule has 2 N–H and O–H groups in total. The monoisotopic (exact) mass is 438 g/mol. The molecule has 0 fully saturated rings. The van der Waals surface area contributed by atoms with E-state index in [0.717, 1.165) is 5.56 Å². The number of methoxy groups -OCH3 is 1. The number of hydrogen-bond donors (Lipinski definition) is 2. The van der Waals surface area contributed by atoms with Crippen LogP contribution in [0.25, 0.3) is 0 Å². The van der Waals surface area contributed by atoms with Crippen LogP contribution in [0.4, 0.5) is 5.69 Å². The molecule has 0 aliphatic rings. The Morgan fingerprint density at radius 2 is 1.68 bits per heavy atom. The minimum absolute atomic E-state index is 0.264. The van der Waals surface area contributed by atoms with Crippen LogP contribution >= 0.6 is 11.6 Å². The molecule has 0 aliphatic heterocycles. The summed E-state index contributed by atoms with van der Waals surface area (Å²) in [5.74, 6) is 0.0194. The third-order valence-corrected chi connectivity index (χ3v) is 4.78. The van der Waals surface area contributed by atoms with Crippen LogP contribution in [0.1, 0.15) is 33.2 Å². The van der Waals surface area contributed by atoms with E-state index in [4.69, 9.17) is 21.1 Å². The van der Waals surface area contributed by atoms with Gasteiger partial charge in [-0.05, 0) is 36.8 Å². The Morgan fingerprint density at radius 3 is 2.39 bits per heavy atom. The SMILES string of the molecule is CCOc1c(Cl)cc(C(=O)Nc2ccccc2C(=O)NCc2ccccc2)cc1OC. The van der Waals surface area contributed by atoms with Gasteiger partial charge in [-0.2, -0.15) is 0 Å². The van der Waals surface area contributed by atoms with Crippen LogP contribution in [0.3, 0.4) is 0 Å². The first-order valence-electron chi connectivity index (χ1n) is 9.76. The summed E-state index contributed by atoms with van der Waals surface area (Å²) in [5, 5.41) is 5.91. The minimum atomic E-state index is -0.424. The Kier molecular flexibility index (Phi) is 7.51. The molecule has 31 heavy (non-hydrogen) atoms. The molecule has 160 valence electrons. The van der Waals surface area contributed by atoms with Gasteiger partial charge < -0.3 is 20.1 Å². The van der Waals surface area contributed by atoms with E-state index in [9.17, 15) is 9.59 Å². The number of amides is 2. The lowest BCUT2D eigenvalue weighted by Gasteiger charge is -2.14. The number of rotatable bonds is 8. The van der Waals surface area contributed by atoms with E-state index in [1.165, 1.54) is 13.2 Å². The van der Waals surface area contributed by atoms with Crippen LogP contribution in [0, 0.1) is 0 Å². The number of halogens is 1. The number of ether oxygens (including phenoxy) is 2. The Morgan fingerprint density at radius 1 is 0.968 bits per heavy atom. The van der Waals surface area contributed by atoms with Gasteiger partial charge in [-0.15, -0.1) is 0 Å². The van der Waals surface area contributed by atoms with Gasteiger partial charge in [0, 0.05) is 12.1 Å². The summed E-state index contributed by atoms with van der Waals surface area (Å²) < 4.78 is 10.8. The van der Waals surface area contributed by atoms with Gasteiger partial charge >= 0.3 is 0 Å². The number of para-hydroxylation sites is 1. The zero-order valence-electron chi connectivity index (χ0n) is 17.3. The molecular weight excluding hydrogens is 416 g/mol. The number of carbonyl (C=O) groups excluding carboxylic acids is 2. The van der Waals surface area contributed by atoms with E-state index < -0.39 is 5.91 Å². The van der Waals surface area contributed by atoms with E-state index >= 15 is 0 Å². The Bertz CT molecular complexity index is 1070. The topological polar surface area (TPSA) is 76.7 Å². The van der Waals surface area contributed by atoms with Crippen molar-refractivity contribution >= 4 is 29.1 Å². The number of hydrogen-bond acceptors (Lipinski definition) is 4. The van der Waals surface area contributed by atoms with E-state index in [2.05, 4.69) is 10.6 Å². The van der Waals surface area contributed by atoms with Crippen molar-refractivity contribution in [3.8, 4) is 11.5 Å². The Balaban J connectivity index is 1.78. The summed E-state index contributed by atoms with van der Waals surface area (Å²) in [6, 6.07) is 19.4. The lowest BCUT2D eigenvalue weighted by atomic mass is 10.1. The second kappa shape index (κ2) is 10.5. The maximum Gasteiger partial charge on any atom is 0.255 e. The zero-order chi connectivity index (χ0) is 22.2. The number of carbonyl (C=O) groups is 2. The molecule has 0 atom stereocenters. The molecule has 0 heterocycles. The van der Waals surface area contributed by atoms with Gasteiger partial charge in [0.2, 0.25) is 0 Å². The van der Waals surface area contributed by atoms with Crippen LogP contribution in [0.5, 0.6) is 11.5 Å². The maximum absolute atomic E-state index is 12.9. The second-order valence-electron chi connectivity index (χ2n) is 6.59. The molecule has 6 nitrogen and oxygen atoms in total. The van der Waals surface area contributed by atoms with Crippen molar-refractivity contribution in [3.05, 3.63) is 88.4 Å². The number of anilines is 1. The quantitative estimate of drug-likeness (QED) is 0.522.